The minimum Gasteiger partial charge on any atom is -0.507 e. The largest absolute Gasteiger partial charge is 0.507 e. The fourth-order valence-electron chi connectivity index (χ4n) is 2.97. The second-order valence-corrected chi connectivity index (χ2v) is 8.08. The van der Waals surface area contributed by atoms with Crippen molar-refractivity contribution in [1.82, 2.24) is 4.98 Å². The van der Waals surface area contributed by atoms with E-state index in [1.807, 2.05) is 50.4 Å². The number of aliphatic carboxylic acids is 2. The van der Waals surface area contributed by atoms with Crippen LogP contribution in [0.15, 0.2) is 48.7 Å². The lowest BCUT2D eigenvalue weighted by atomic mass is 9.97. The number of hydrogen-bond acceptors (Lipinski definition) is 6. The van der Waals surface area contributed by atoms with Gasteiger partial charge in [0.05, 0.1) is 12.3 Å². The van der Waals surface area contributed by atoms with E-state index < -0.39 is 24.3 Å². The quantitative estimate of drug-likeness (QED) is 0.220. The summed E-state index contributed by atoms with van der Waals surface area (Å²) in [6.45, 7) is 5.19. The third kappa shape index (κ3) is 10.7. The fraction of sp³-hybridized carbons (Fsp3) is 0.320. The summed E-state index contributed by atoms with van der Waals surface area (Å²) in [6, 6.07) is 13.9. The highest BCUT2D eigenvalue weighted by molar-refractivity contribution is 5.85. The number of alkyl halides is 6. The highest BCUT2D eigenvalue weighted by Gasteiger charge is 2.38. The van der Waals surface area contributed by atoms with Crippen LogP contribution < -0.4 is 10.5 Å². The van der Waals surface area contributed by atoms with Crippen molar-refractivity contribution in [2.24, 2.45) is 5.73 Å². The molecule has 3 rings (SSSR count). The predicted octanol–water partition coefficient (Wildman–Crippen LogP) is 5.73. The van der Waals surface area contributed by atoms with E-state index in [9.17, 15) is 31.4 Å². The maximum absolute atomic E-state index is 10.6. The maximum atomic E-state index is 10.6. The van der Waals surface area contributed by atoms with Crippen LogP contribution in [-0.2, 0) is 9.59 Å². The zero-order valence-electron chi connectivity index (χ0n) is 20.7. The molecular weight excluding hydrogens is 538 g/mol. The number of phenolic OH excluding ortho intramolecular Hbond substituents is 1. The lowest BCUT2D eigenvalue weighted by Gasteiger charge is -2.17. The second kappa shape index (κ2) is 14.2. The molecular formula is C25H26F6N2O6. The van der Waals surface area contributed by atoms with Crippen molar-refractivity contribution in [3.63, 3.8) is 0 Å². The molecule has 0 aliphatic carbocycles. The Morgan fingerprint density at radius 3 is 1.92 bits per heavy atom. The third-order valence-corrected chi connectivity index (χ3v) is 4.72. The smallest absolute Gasteiger partial charge is 0.490 e. The number of carboxylic acid groups (broad SMARTS) is 2. The van der Waals surface area contributed by atoms with Gasteiger partial charge < -0.3 is 25.8 Å². The summed E-state index contributed by atoms with van der Waals surface area (Å²) in [5.41, 5.74) is 8.03. The molecule has 14 heteroatoms. The molecule has 0 bridgehead atoms. The van der Waals surface area contributed by atoms with Crippen LogP contribution in [0.3, 0.4) is 0 Å². The molecule has 214 valence electrons. The first-order chi connectivity index (χ1) is 18.0. The number of hydrogen-bond donors (Lipinski definition) is 4. The van der Waals surface area contributed by atoms with Gasteiger partial charge in [-0.25, -0.2) is 9.59 Å². The predicted molar refractivity (Wildman–Crippen MR) is 129 cm³/mol. The molecule has 8 nitrogen and oxygen atoms in total. The number of carbonyl (C=O) groups is 2. The lowest BCUT2D eigenvalue weighted by Crippen LogP contribution is -2.21. The summed E-state index contributed by atoms with van der Waals surface area (Å²) in [6.07, 6.45) is -7.54. The van der Waals surface area contributed by atoms with Crippen LogP contribution in [0.1, 0.15) is 31.7 Å². The van der Waals surface area contributed by atoms with Crippen molar-refractivity contribution in [3.8, 4) is 22.8 Å². The summed E-state index contributed by atoms with van der Waals surface area (Å²) in [4.78, 5) is 22.3. The Kier molecular flexibility index (Phi) is 12.0. The average Bonchev–Trinajstić information content (AvgIpc) is 2.83. The van der Waals surface area contributed by atoms with Gasteiger partial charge in [0.15, 0.2) is 0 Å². The Balaban J connectivity index is 0.000000449. The molecule has 1 aromatic heterocycles. The van der Waals surface area contributed by atoms with E-state index >= 15 is 0 Å². The van der Waals surface area contributed by atoms with Gasteiger partial charge in [0.25, 0.3) is 0 Å². The second-order valence-electron chi connectivity index (χ2n) is 8.08. The number of aromatic hydroxyl groups is 1. The van der Waals surface area contributed by atoms with Crippen LogP contribution in [0.4, 0.5) is 26.3 Å². The summed E-state index contributed by atoms with van der Waals surface area (Å²) >= 11 is 0. The molecule has 0 aliphatic heterocycles. The van der Waals surface area contributed by atoms with Crippen LogP contribution in [-0.4, -0.2) is 57.7 Å². The van der Waals surface area contributed by atoms with E-state index in [2.05, 4.69) is 11.1 Å². The van der Waals surface area contributed by atoms with Crippen LogP contribution in [0.2, 0.25) is 0 Å². The fourth-order valence-corrected chi connectivity index (χ4v) is 2.97. The Morgan fingerprint density at radius 2 is 1.46 bits per heavy atom. The molecule has 3 aromatic rings. The van der Waals surface area contributed by atoms with Gasteiger partial charge in [-0.15, -0.1) is 0 Å². The van der Waals surface area contributed by atoms with Gasteiger partial charge in [-0.3, -0.25) is 4.98 Å². The Bertz CT molecular complexity index is 1240. The molecule has 1 heterocycles. The van der Waals surface area contributed by atoms with Gasteiger partial charge in [-0.05, 0) is 42.5 Å². The standard InChI is InChI=1S/C21H24N2O2.2C2HF3O2/c1-14(2)21-19(24)11-17(12-20(21)25-9-5-8-22)18-10-15-6-3-4-7-16(15)13-23-18;2*3-2(4,5)1(6)7/h3-4,6-7,10-14,24H,5,8-9,22H2,1-2H3;2*(H,6,7). The highest BCUT2D eigenvalue weighted by atomic mass is 19.4. The zero-order chi connectivity index (χ0) is 30.0. The number of phenols is 1. The number of rotatable bonds is 6. The molecule has 2 aromatic carbocycles. The van der Waals surface area contributed by atoms with Crippen molar-refractivity contribution in [3.05, 3.63) is 54.2 Å². The molecule has 0 saturated heterocycles. The van der Waals surface area contributed by atoms with E-state index in [4.69, 9.17) is 30.3 Å². The summed E-state index contributed by atoms with van der Waals surface area (Å²) < 4.78 is 69.4. The SMILES string of the molecule is CC(C)c1c(O)cc(-c2cc3ccccc3cn2)cc1OCCCN.O=C(O)C(F)(F)F.O=C(O)C(F)(F)F. The molecule has 0 atom stereocenters. The maximum Gasteiger partial charge on any atom is 0.490 e. The normalized spacial score (nSPS) is 11.2. The molecule has 0 fully saturated rings. The van der Waals surface area contributed by atoms with E-state index in [-0.39, 0.29) is 11.7 Å². The number of halogens is 6. The number of carboxylic acids is 2. The topological polar surface area (TPSA) is 143 Å². The summed E-state index contributed by atoms with van der Waals surface area (Å²) in [7, 11) is 0. The number of nitrogens with two attached hydrogens (primary N) is 1. The Labute approximate surface area is 218 Å². The molecule has 39 heavy (non-hydrogen) atoms. The summed E-state index contributed by atoms with van der Waals surface area (Å²) in [5, 5.41) is 27.0. The Hall–Kier alpha value is -4.07. The van der Waals surface area contributed by atoms with E-state index in [1.54, 1.807) is 6.07 Å². The first-order valence-electron chi connectivity index (χ1n) is 11.1. The zero-order valence-corrected chi connectivity index (χ0v) is 20.7. The van der Waals surface area contributed by atoms with E-state index in [0.717, 1.165) is 34.0 Å². The highest BCUT2D eigenvalue weighted by Crippen LogP contribution is 2.39. The van der Waals surface area contributed by atoms with Crippen molar-refractivity contribution in [2.75, 3.05) is 13.2 Å². The van der Waals surface area contributed by atoms with Gasteiger partial charge in [-0.2, -0.15) is 26.3 Å². The first-order valence-corrected chi connectivity index (χ1v) is 11.1. The Morgan fingerprint density at radius 1 is 0.949 bits per heavy atom. The van der Waals surface area contributed by atoms with Crippen LogP contribution in [0.25, 0.3) is 22.0 Å². The van der Waals surface area contributed by atoms with Crippen molar-refractivity contribution >= 4 is 22.7 Å². The summed E-state index contributed by atoms with van der Waals surface area (Å²) in [5.74, 6) is -4.41. The third-order valence-electron chi connectivity index (χ3n) is 4.72. The number of benzene rings is 2. The minimum atomic E-state index is -5.08. The van der Waals surface area contributed by atoms with Crippen molar-refractivity contribution in [1.29, 1.82) is 0 Å². The van der Waals surface area contributed by atoms with Gasteiger partial charge in [0, 0.05) is 22.7 Å². The van der Waals surface area contributed by atoms with Crippen LogP contribution in [0.5, 0.6) is 11.5 Å². The molecule has 0 unspecified atom stereocenters. The molecule has 0 radical (unpaired) electrons. The van der Waals surface area contributed by atoms with Gasteiger partial charge in [-0.1, -0.05) is 38.1 Å². The van der Waals surface area contributed by atoms with E-state index in [0.29, 0.717) is 18.9 Å². The first kappa shape index (κ1) is 33.0. The number of nitrogens with zero attached hydrogens (tertiary/aromatic N) is 1. The van der Waals surface area contributed by atoms with Gasteiger partial charge in [0.2, 0.25) is 0 Å². The van der Waals surface area contributed by atoms with E-state index in [1.165, 1.54) is 0 Å². The lowest BCUT2D eigenvalue weighted by molar-refractivity contribution is -0.193. The number of ether oxygens (including phenoxy) is 1. The van der Waals surface area contributed by atoms with Crippen molar-refractivity contribution < 1.29 is 56.0 Å². The monoisotopic (exact) mass is 564 g/mol. The molecule has 0 spiro atoms. The van der Waals surface area contributed by atoms with Crippen LogP contribution in [0, 0.1) is 0 Å². The molecule has 0 saturated carbocycles. The van der Waals surface area contributed by atoms with Crippen molar-refractivity contribution in [2.45, 2.75) is 38.5 Å². The van der Waals surface area contributed by atoms with Gasteiger partial charge >= 0.3 is 24.3 Å². The number of aromatic nitrogens is 1. The number of fused-ring (bicyclic) bond motifs is 1. The molecule has 5 N–H and O–H groups in total. The van der Waals surface area contributed by atoms with Crippen LogP contribution >= 0.6 is 0 Å². The molecule has 0 aliphatic rings. The molecule has 0 amide bonds. The average molecular weight is 564 g/mol. The number of pyridine rings is 1. The minimum absolute atomic E-state index is 0.159. The van der Waals surface area contributed by atoms with Gasteiger partial charge in [0.1, 0.15) is 11.5 Å².